The van der Waals surface area contributed by atoms with Crippen LogP contribution < -0.4 is 10.6 Å². The third-order valence-electron chi connectivity index (χ3n) is 4.73. The van der Waals surface area contributed by atoms with E-state index in [1.165, 1.54) is 51.7 Å². The van der Waals surface area contributed by atoms with Crippen molar-refractivity contribution in [1.29, 1.82) is 0 Å². The van der Waals surface area contributed by atoms with Crippen molar-refractivity contribution >= 4 is 5.96 Å². The number of nitrogens with one attached hydrogen (secondary N) is 2. The minimum atomic E-state index is 0.612. The molecule has 140 valence electrons. The highest BCUT2D eigenvalue weighted by atomic mass is 16.5. The lowest BCUT2D eigenvalue weighted by molar-refractivity contribution is 0.123. The van der Waals surface area contributed by atoms with Gasteiger partial charge in [0.05, 0.1) is 0 Å². The fraction of sp³-hybridized carbons (Fsp3) is 0.947. The van der Waals surface area contributed by atoms with Crippen molar-refractivity contribution in [2.24, 2.45) is 16.8 Å². The van der Waals surface area contributed by atoms with Gasteiger partial charge in [0.15, 0.2) is 5.96 Å². The van der Waals surface area contributed by atoms with Gasteiger partial charge in [-0.25, -0.2) is 0 Å². The second kappa shape index (κ2) is 11.7. The highest BCUT2D eigenvalue weighted by Gasteiger charge is 2.20. The molecule has 1 atom stereocenters. The minimum absolute atomic E-state index is 0.612. The molecule has 0 bridgehead atoms. The fourth-order valence-corrected chi connectivity index (χ4v) is 3.14. The van der Waals surface area contributed by atoms with E-state index in [0.717, 1.165) is 51.1 Å². The van der Waals surface area contributed by atoms with E-state index in [4.69, 9.17) is 9.73 Å². The zero-order chi connectivity index (χ0) is 17.0. The summed E-state index contributed by atoms with van der Waals surface area (Å²) in [6, 6.07) is 0. The molecule has 2 N–H and O–H groups in total. The predicted octanol–water partition coefficient (Wildman–Crippen LogP) is 2.48. The van der Waals surface area contributed by atoms with Crippen molar-refractivity contribution < 1.29 is 4.74 Å². The first-order valence-corrected chi connectivity index (χ1v) is 10.1. The summed E-state index contributed by atoms with van der Waals surface area (Å²) in [6.07, 6.45) is 7.91. The molecule has 0 radical (unpaired) electrons. The van der Waals surface area contributed by atoms with Gasteiger partial charge >= 0.3 is 0 Å². The Morgan fingerprint density at radius 2 is 2.00 bits per heavy atom. The number of nitrogens with zero attached hydrogens (tertiary/aromatic N) is 2. The second-order valence-corrected chi connectivity index (χ2v) is 7.48. The maximum Gasteiger partial charge on any atom is 0.191 e. The smallest absolute Gasteiger partial charge is 0.191 e. The number of piperidine rings is 1. The van der Waals surface area contributed by atoms with Crippen molar-refractivity contribution in [3.05, 3.63) is 0 Å². The Labute approximate surface area is 148 Å². The quantitative estimate of drug-likeness (QED) is 0.345. The maximum absolute atomic E-state index is 5.68. The summed E-state index contributed by atoms with van der Waals surface area (Å²) < 4.78 is 5.68. The molecule has 0 spiro atoms. The summed E-state index contributed by atoms with van der Waals surface area (Å²) in [6.45, 7) is 12.7. The summed E-state index contributed by atoms with van der Waals surface area (Å²) in [4.78, 5) is 7.36. The van der Waals surface area contributed by atoms with Gasteiger partial charge in [-0.15, -0.1) is 0 Å². The molecule has 1 saturated carbocycles. The third-order valence-corrected chi connectivity index (χ3v) is 4.73. The van der Waals surface area contributed by atoms with Crippen molar-refractivity contribution in [1.82, 2.24) is 15.5 Å². The first-order chi connectivity index (χ1) is 11.8. The molecular formula is C19H38N4O. The van der Waals surface area contributed by atoms with Gasteiger partial charge in [0.2, 0.25) is 0 Å². The summed E-state index contributed by atoms with van der Waals surface area (Å²) in [5.41, 5.74) is 0. The molecule has 5 nitrogen and oxygen atoms in total. The zero-order valence-electron chi connectivity index (χ0n) is 15.9. The van der Waals surface area contributed by atoms with Crippen LogP contribution in [0, 0.1) is 11.8 Å². The van der Waals surface area contributed by atoms with Crippen LogP contribution in [-0.2, 0) is 4.74 Å². The zero-order valence-corrected chi connectivity index (χ0v) is 15.9. The molecule has 0 aromatic rings. The lowest BCUT2D eigenvalue weighted by atomic mass is 10.1. The van der Waals surface area contributed by atoms with Crippen LogP contribution in [0.15, 0.2) is 4.99 Å². The van der Waals surface area contributed by atoms with E-state index in [2.05, 4.69) is 29.4 Å². The van der Waals surface area contributed by atoms with E-state index < -0.39 is 0 Å². The van der Waals surface area contributed by atoms with Crippen molar-refractivity contribution in [3.63, 3.8) is 0 Å². The number of rotatable bonds is 11. The molecule has 5 heteroatoms. The Balaban J connectivity index is 1.57. The second-order valence-electron chi connectivity index (χ2n) is 7.48. The lowest BCUT2D eigenvalue weighted by Gasteiger charge is -2.28. The van der Waals surface area contributed by atoms with E-state index in [-0.39, 0.29) is 0 Å². The molecule has 2 rings (SSSR count). The topological polar surface area (TPSA) is 48.9 Å². The number of ether oxygens (including phenoxy) is 1. The van der Waals surface area contributed by atoms with E-state index in [0.29, 0.717) is 5.92 Å². The highest BCUT2D eigenvalue weighted by molar-refractivity contribution is 5.79. The molecule has 1 aliphatic heterocycles. The Hall–Kier alpha value is -0.810. The Bertz CT molecular complexity index is 351. The summed E-state index contributed by atoms with van der Waals surface area (Å²) in [5, 5.41) is 6.77. The van der Waals surface area contributed by atoms with Crippen LogP contribution in [0.25, 0.3) is 0 Å². The minimum Gasteiger partial charge on any atom is -0.381 e. The molecule has 0 aromatic heterocycles. The van der Waals surface area contributed by atoms with Gasteiger partial charge in [0, 0.05) is 39.4 Å². The van der Waals surface area contributed by atoms with Crippen LogP contribution in [0.1, 0.15) is 52.4 Å². The molecule has 1 saturated heterocycles. The van der Waals surface area contributed by atoms with Gasteiger partial charge in [-0.3, -0.25) is 4.99 Å². The molecule has 2 fully saturated rings. The molecule has 24 heavy (non-hydrogen) atoms. The van der Waals surface area contributed by atoms with Crippen LogP contribution >= 0.6 is 0 Å². The van der Waals surface area contributed by atoms with Crippen LogP contribution in [0.3, 0.4) is 0 Å². The van der Waals surface area contributed by atoms with Crippen molar-refractivity contribution in [2.45, 2.75) is 52.4 Å². The first-order valence-electron chi connectivity index (χ1n) is 10.1. The van der Waals surface area contributed by atoms with E-state index in [1.54, 1.807) is 0 Å². The number of guanidine groups is 1. The predicted molar refractivity (Wildman–Crippen MR) is 102 cm³/mol. The molecule has 0 aromatic carbocycles. The molecule has 2 aliphatic rings. The standard InChI is InChI=1S/C19H38N4O/c1-3-20-19(21-10-7-13-24-16-18-8-9-18)22-14-17(2)15-23-11-5-4-6-12-23/h17-18H,3-16H2,1-2H3,(H2,20,21,22). The molecular weight excluding hydrogens is 300 g/mol. The fourth-order valence-electron chi connectivity index (χ4n) is 3.14. The lowest BCUT2D eigenvalue weighted by Crippen LogP contribution is -2.39. The average molecular weight is 339 g/mol. The average Bonchev–Trinajstić information content (AvgIpc) is 3.41. The summed E-state index contributed by atoms with van der Waals surface area (Å²) >= 11 is 0. The van der Waals surface area contributed by atoms with Crippen molar-refractivity contribution in [2.75, 3.05) is 52.5 Å². The van der Waals surface area contributed by atoms with Crippen LogP contribution in [0.5, 0.6) is 0 Å². The van der Waals surface area contributed by atoms with Crippen LogP contribution in [-0.4, -0.2) is 63.3 Å². The number of hydrogen-bond acceptors (Lipinski definition) is 3. The maximum atomic E-state index is 5.68. The van der Waals surface area contributed by atoms with Gasteiger partial charge in [0.1, 0.15) is 0 Å². The normalized spacial score (nSPS) is 20.8. The SMILES string of the molecule is CCNC(=NCC(C)CN1CCCCC1)NCCCOCC1CC1. The van der Waals surface area contributed by atoms with E-state index >= 15 is 0 Å². The van der Waals surface area contributed by atoms with Crippen LogP contribution in [0.4, 0.5) is 0 Å². The van der Waals surface area contributed by atoms with Gasteiger partial charge in [-0.1, -0.05) is 13.3 Å². The van der Waals surface area contributed by atoms with Crippen LogP contribution in [0.2, 0.25) is 0 Å². The van der Waals surface area contributed by atoms with E-state index in [9.17, 15) is 0 Å². The number of hydrogen-bond donors (Lipinski definition) is 2. The molecule has 0 amide bonds. The first kappa shape index (κ1) is 19.5. The van der Waals surface area contributed by atoms with Gasteiger partial charge in [-0.2, -0.15) is 0 Å². The Morgan fingerprint density at radius 1 is 1.21 bits per heavy atom. The summed E-state index contributed by atoms with van der Waals surface area (Å²) in [7, 11) is 0. The summed E-state index contributed by atoms with van der Waals surface area (Å²) in [5.74, 6) is 2.42. The monoisotopic (exact) mass is 338 g/mol. The molecule has 1 heterocycles. The number of aliphatic imine (C=N–C) groups is 1. The Morgan fingerprint density at radius 3 is 2.71 bits per heavy atom. The van der Waals surface area contributed by atoms with Gasteiger partial charge in [-0.05, 0) is 64.0 Å². The largest absolute Gasteiger partial charge is 0.381 e. The van der Waals surface area contributed by atoms with Gasteiger partial charge in [0.25, 0.3) is 0 Å². The van der Waals surface area contributed by atoms with E-state index in [1.807, 2.05) is 0 Å². The van der Waals surface area contributed by atoms with Gasteiger partial charge < -0.3 is 20.3 Å². The third kappa shape index (κ3) is 8.88. The van der Waals surface area contributed by atoms with Crippen molar-refractivity contribution in [3.8, 4) is 0 Å². The highest BCUT2D eigenvalue weighted by Crippen LogP contribution is 2.28. The number of likely N-dealkylation sites (tertiary alicyclic amines) is 1. The molecule has 1 aliphatic carbocycles. The molecule has 1 unspecified atom stereocenters. The Kier molecular flexibility index (Phi) is 9.51.